The van der Waals surface area contributed by atoms with Gasteiger partial charge >= 0.3 is 0 Å². The van der Waals surface area contributed by atoms with E-state index in [4.69, 9.17) is 5.84 Å². The van der Waals surface area contributed by atoms with Gasteiger partial charge < -0.3 is 0 Å². The van der Waals surface area contributed by atoms with Crippen LogP contribution in [0.2, 0.25) is 0 Å². The Morgan fingerprint density at radius 1 is 1.00 bits per heavy atom. The summed E-state index contributed by atoms with van der Waals surface area (Å²) in [6.07, 6.45) is 5.05. The molecule has 0 aromatic heterocycles. The second kappa shape index (κ2) is 4.03. The van der Waals surface area contributed by atoms with Crippen LogP contribution in [0.1, 0.15) is 38.5 Å². The molecule has 100 valence electrons. The lowest BCUT2D eigenvalue weighted by atomic mass is 9.51. The lowest BCUT2D eigenvalue weighted by Crippen LogP contribution is -2.54. The molecule has 0 spiro atoms. The lowest BCUT2D eigenvalue weighted by Gasteiger charge is -2.51. The van der Waals surface area contributed by atoms with Gasteiger partial charge in [0.15, 0.2) is 0 Å². The largest absolute Gasteiger partial charge is 0.272 e. The van der Waals surface area contributed by atoms with Crippen molar-refractivity contribution in [1.82, 2.24) is 5.01 Å². The second-order valence-corrected chi connectivity index (χ2v) is 8.14. The lowest BCUT2D eigenvalue weighted by molar-refractivity contribution is -0.143. The Bertz CT molecular complexity index is 392. The van der Waals surface area contributed by atoms with Crippen LogP contribution in [0.5, 0.6) is 0 Å². The van der Waals surface area contributed by atoms with E-state index in [-0.39, 0.29) is 21.5 Å². The molecule has 0 aromatic rings. The third-order valence-electron chi connectivity index (χ3n) is 5.11. The van der Waals surface area contributed by atoms with E-state index in [1.165, 1.54) is 0 Å². The Labute approximate surface area is 123 Å². The monoisotopic (exact) mass is 378 g/mol. The van der Waals surface area contributed by atoms with Crippen molar-refractivity contribution in [3.8, 4) is 0 Å². The summed E-state index contributed by atoms with van der Waals surface area (Å²) in [5.74, 6) is 5.41. The summed E-state index contributed by atoms with van der Waals surface area (Å²) in [4.78, 5) is 25.5. The van der Waals surface area contributed by atoms with E-state index < -0.39 is 10.8 Å². The molecule has 3 rings (SSSR count). The summed E-state index contributed by atoms with van der Waals surface area (Å²) in [6.45, 7) is 0. The third kappa shape index (κ3) is 1.34. The van der Waals surface area contributed by atoms with Crippen LogP contribution in [0.3, 0.4) is 0 Å². The standard InChI is InChI=1S/C12H16Br2N2O2/c13-7-5-11-3-1-2-4-12(11,6-8(7)14)10(18)16(15)9(11)17/h7-8H,1-6,15H2/t7-,8+,11-,12+. The molecule has 1 aliphatic heterocycles. The highest BCUT2D eigenvalue weighted by Crippen LogP contribution is 2.65. The minimum atomic E-state index is -0.546. The van der Waals surface area contributed by atoms with Crippen molar-refractivity contribution in [3.05, 3.63) is 0 Å². The second-order valence-electron chi connectivity index (χ2n) is 5.79. The Morgan fingerprint density at radius 3 is 1.78 bits per heavy atom. The number of nitrogens with two attached hydrogens (primary N) is 1. The van der Waals surface area contributed by atoms with Crippen LogP contribution in [0.4, 0.5) is 0 Å². The maximum absolute atomic E-state index is 12.5. The van der Waals surface area contributed by atoms with Gasteiger partial charge in [0.2, 0.25) is 0 Å². The van der Waals surface area contributed by atoms with Crippen LogP contribution in [0.25, 0.3) is 0 Å². The van der Waals surface area contributed by atoms with E-state index in [1.807, 2.05) is 0 Å². The van der Waals surface area contributed by atoms with Gasteiger partial charge in [-0.05, 0) is 25.7 Å². The van der Waals surface area contributed by atoms with Crippen LogP contribution in [0.15, 0.2) is 0 Å². The van der Waals surface area contributed by atoms with Crippen LogP contribution in [0, 0.1) is 10.8 Å². The number of nitrogens with zero attached hydrogens (tertiary/aromatic N) is 1. The number of imide groups is 1. The van der Waals surface area contributed by atoms with Gasteiger partial charge in [-0.25, -0.2) is 10.9 Å². The normalized spacial score (nSPS) is 48.1. The molecule has 2 N–H and O–H groups in total. The van der Waals surface area contributed by atoms with Gasteiger partial charge in [-0.1, -0.05) is 44.7 Å². The van der Waals surface area contributed by atoms with Gasteiger partial charge in [0.1, 0.15) is 0 Å². The van der Waals surface area contributed by atoms with Crippen LogP contribution in [-0.2, 0) is 9.59 Å². The molecule has 2 aliphatic carbocycles. The van der Waals surface area contributed by atoms with Gasteiger partial charge in [-0.2, -0.15) is 0 Å². The van der Waals surface area contributed by atoms with Crippen molar-refractivity contribution in [1.29, 1.82) is 0 Å². The average Bonchev–Trinajstić information content (AvgIpc) is 2.51. The zero-order chi connectivity index (χ0) is 13.1. The minimum absolute atomic E-state index is 0.156. The molecule has 3 fully saturated rings. The molecule has 0 unspecified atom stereocenters. The number of alkyl halides is 2. The molecule has 1 saturated heterocycles. The van der Waals surface area contributed by atoms with E-state index >= 15 is 0 Å². The van der Waals surface area contributed by atoms with Crippen LogP contribution in [-0.4, -0.2) is 26.5 Å². The van der Waals surface area contributed by atoms with Gasteiger partial charge in [-0.15, -0.1) is 0 Å². The predicted molar refractivity (Wildman–Crippen MR) is 74.0 cm³/mol. The number of hydrogen-bond donors (Lipinski definition) is 1. The van der Waals surface area contributed by atoms with E-state index in [0.717, 1.165) is 30.7 Å². The third-order valence-corrected chi connectivity index (χ3v) is 7.74. The molecular formula is C12H16Br2N2O2. The van der Waals surface area contributed by atoms with Crippen molar-refractivity contribution in [2.24, 2.45) is 16.7 Å². The molecule has 2 saturated carbocycles. The van der Waals surface area contributed by atoms with Crippen LogP contribution < -0.4 is 5.84 Å². The zero-order valence-corrected chi connectivity index (χ0v) is 13.2. The fourth-order valence-corrected chi connectivity index (χ4v) is 5.68. The molecular weight excluding hydrogens is 364 g/mol. The molecule has 3 aliphatic rings. The van der Waals surface area contributed by atoms with Crippen molar-refractivity contribution in [3.63, 3.8) is 0 Å². The zero-order valence-electron chi connectivity index (χ0n) is 9.99. The molecule has 6 heteroatoms. The Morgan fingerprint density at radius 2 is 1.39 bits per heavy atom. The fourth-order valence-electron chi connectivity index (χ4n) is 4.20. The van der Waals surface area contributed by atoms with Crippen molar-refractivity contribution < 1.29 is 9.59 Å². The van der Waals surface area contributed by atoms with E-state index in [2.05, 4.69) is 31.9 Å². The van der Waals surface area contributed by atoms with Crippen molar-refractivity contribution in [2.45, 2.75) is 48.2 Å². The Hall–Kier alpha value is 0.0600. The number of amides is 2. The number of hydrazine groups is 1. The Kier molecular flexibility index (Phi) is 2.92. The van der Waals surface area contributed by atoms with Gasteiger partial charge in [0.05, 0.1) is 10.8 Å². The highest BCUT2D eigenvalue weighted by Gasteiger charge is 2.71. The summed E-state index contributed by atoms with van der Waals surface area (Å²) < 4.78 is 0. The molecule has 4 atom stereocenters. The molecule has 0 radical (unpaired) electrons. The van der Waals surface area contributed by atoms with Gasteiger partial charge in [0.25, 0.3) is 11.8 Å². The highest BCUT2D eigenvalue weighted by atomic mass is 79.9. The van der Waals surface area contributed by atoms with Gasteiger partial charge in [-0.3, -0.25) is 9.59 Å². The molecule has 18 heavy (non-hydrogen) atoms. The molecule has 1 heterocycles. The first-order chi connectivity index (χ1) is 8.44. The molecule has 2 amide bonds. The number of carbonyl (C=O) groups excluding carboxylic acids is 2. The fraction of sp³-hybridized carbons (Fsp3) is 0.833. The minimum Gasteiger partial charge on any atom is -0.272 e. The number of hydrogen-bond acceptors (Lipinski definition) is 3. The number of carbonyl (C=O) groups is 2. The first-order valence-electron chi connectivity index (χ1n) is 6.36. The summed E-state index contributed by atoms with van der Waals surface area (Å²) in [5, 5.41) is 0.899. The predicted octanol–water partition coefficient (Wildman–Crippen LogP) is 2.10. The Balaban J connectivity index is 2.14. The summed E-state index contributed by atoms with van der Waals surface area (Å²) in [6, 6.07) is 0. The van der Waals surface area contributed by atoms with E-state index in [0.29, 0.717) is 12.8 Å². The van der Waals surface area contributed by atoms with Crippen molar-refractivity contribution >= 4 is 43.7 Å². The van der Waals surface area contributed by atoms with Gasteiger partial charge in [0, 0.05) is 9.65 Å². The summed E-state index contributed by atoms with van der Waals surface area (Å²) >= 11 is 7.28. The quantitative estimate of drug-likeness (QED) is 0.303. The van der Waals surface area contributed by atoms with Crippen LogP contribution >= 0.6 is 31.9 Å². The smallest absolute Gasteiger partial charge is 0.250 e. The molecule has 0 aromatic carbocycles. The SMILES string of the molecule is NN1C(=O)[C@@]23CCCC[C@@]2(C[C@@H](Br)[C@@H](Br)C3)C1=O. The van der Waals surface area contributed by atoms with Crippen molar-refractivity contribution in [2.75, 3.05) is 0 Å². The summed E-state index contributed by atoms with van der Waals surface area (Å²) in [7, 11) is 0. The maximum atomic E-state index is 12.5. The topological polar surface area (TPSA) is 63.4 Å². The maximum Gasteiger partial charge on any atom is 0.250 e. The molecule has 4 nitrogen and oxygen atoms in total. The first kappa shape index (κ1) is 13.1. The molecule has 0 bridgehead atoms. The first-order valence-corrected chi connectivity index (χ1v) is 8.20. The average molecular weight is 380 g/mol. The van der Waals surface area contributed by atoms with E-state index in [1.54, 1.807) is 0 Å². The number of halogens is 2. The van der Waals surface area contributed by atoms with E-state index in [9.17, 15) is 9.59 Å². The highest BCUT2D eigenvalue weighted by molar-refractivity contribution is 9.12. The summed E-state index contributed by atoms with van der Waals surface area (Å²) in [5.41, 5.74) is -1.09. The number of rotatable bonds is 0.